The van der Waals surface area contributed by atoms with Crippen LogP contribution >= 0.6 is 11.6 Å². The first-order valence-corrected chi connectivity index (χ1v) is 6.85. The van der Waals surface area contributed by atoms with Gasteiger partial charge in [0.25, 0.3) is 0 Å². The largest absolute Gasteiger partial charge is 0.386 e. The highest BCUT2D eigenvalue weighted by atomic mass is 35.5. The lowest BCUT2D eigenvalue weighted by Crippen LogP contribution is -2.19. The van der Waals surface area contributed by atoms with Crippen molar-refractivity contribution in [1.29, 1.82) is 0 Å². The first-order chi connectivity index (χ1) is 7.90. The van der Waals surface area contributed by atoms with Crippen LogP contribution in [0.5, 0.6) is 0 Å². The molecule has 0 saturated carbocycles. The van der Waals surface area contributed by atoms with Gasteiger partial charge in [-0.15, -0.1) is 11.6 Å². The zero-order valence-corrected chi connectivity index (χ0v) is 11.1. The van der Waals surface area contributed by atoms with E-state index < -0.39 is 10.0 Å². The second-order valence-corrected chi connectivity index (χ2v) is 5.52. The van der Waals surface area contributed by atoms with Gasteiger partial charge in [0.05, 0.1) is 16.5 Å². The summed E-state index contributed by atoms with van der Waals surface area (Å²) in [5, 5.41) is 0. The van der Waals surface area contributed by atoms with Crippen LogP contribution in [-0.2, 0) is 10.0 Å². The zero-order valence-electron chi connectivity index (χ0n) is 9.57. The molecule has 0 bridgehead atoms. The first kappa shape index (κ1) is 14.0. The Kier molecular flexibility index (Phi) is 4.50. The van der Waals surface area contributed by atoms with Gasteiger partial charge >= 0.3 is 0 Å². The fourth-order valence-corrected chi connectivity index (χ4v) is 2.30. The van der Waals surface area contributed by atoms with Gasteiger partial charge < -0.3 is 5.73 Å². The molecule has 0 unspecified atom stereocenters. The van der Waals surface area contributed by atoms with E-state index in [2.05, 4.69) is 9.71 Å². The van der Waals surface area contributed by atoms with Crippen molar-refractivity contribution in [2.75, 3.05) is 12.9 Å². The van der Waals surface area contributed by atoms with Crippen molar-refractivity contribution in [3.8, 4) is 0 Å². The van der Waals surface area contributed by atoms with Gasteiger partial charge in [-0.05, 0) is 31.7 Å². The highest BCUT2D eigenvalue weighted by molar-refractivity contribution is 7.89. The van der Waals surface area contributed by atoms with Crippen molar-refractivity contribution in [2.24, 2.45) is 10.7 Å². The van der Waals surface area contributed by atoms with Crippen LogP contribution in [0.2, 0.25) is 0 Å². The number of nitrogens with one attached hydrogen (secondary N) is 1. The molecule has 0 amide bonds. The molecule has 0 fully saturated rings. The molecule has 0 aromatic heterocycles. The number of aryl methyl sites for hydroxylation is 1. The van der Waals surface area contributed by atoms with Crippen LogP contribution in [0.1, 0.15) is 5.56 Å². The summed E-state index contributed by atoms with van der Waals surface area (Å²) in [7, 11) is -2.13. The van der Waals surface area contributed by atoms with Crippen molar-refractivity contribution in [3.63, 3.8) is 0 Å². The van der Waals surface area contributed by atoms with E-state index in [9.17, 15) is 8.42 Å². The molecule has 0 spiro atoms. The zero-order chi connectivity index (χ0) is 13.1. The lowest BCUT2D eigenvalue weighted by molar-refractivity contribution is 0.587. The van der Waals surface area contributed by atoms with Crippen molar-refractivity contribution in [1.82, 2.24) is 4.72 Å². The Balaban J connectivity index is 3.30. The average molecular weight is 276 g/mol. The molecule has 0 aliphatic rings. The minimum atomic E-state index is -3.49. The van der Waals surface area contributed by atoms with Gasteiger partial charge in [-0.25, -0.2) is 18.1 Å². The minimum absolute atomic E-state index is 0.0992. The summed E-state index contributed by atoms with van der Waals surface area (Å²) in [6.45, 7) is 1.71. The molecular weight excluding hydrogens is 262 g/mol. The number of halogens is 1. The number of aliphatic imine (C=N–C) groups is 1. The number of hydrogen-bond acceptors (Lipinski definition) is 3. The third-order valence-electron chi connectivity index (χ3n) is 2.14. The number of hydrogen-bond donors (Lipinski definition) is 2. The molecule has 1 aromatic rings. The molecule has 1 rings (SSSR count). The Morgan fingerprint density at radius 1 is 1.53 bits per heavy atom. The molecule has 0 radical (unpaired) electrons. The maximum Gasteiger partial charge on any atom is 0.240 e. The second kappa shape index (κ2) is 5.48. The number of sulfonamides is 1. The number of rotatable bonds is 4. The van der Waals surface area contributed by atoms with Crippen LogP contribution in [0.4, 0.5) is 5.69 Å². The Morgan fingerprint density at radius 3 is 2.71 bits per heavy atom. The summed E-state index contributed by atoms with van der Waals surface area (Å²) in [5.41, 5.74) is 6.59. The van der Waals surface area contributed by atoms with E-state index in [0.717, 1.165) is 0 Å². The smallest absolute Gasteiger partial charge is 0.240 e. The summed E-state index contributed by atoms with van der Waals surface area (Å²) in [6, 6.07) is 4.81. The maximum atomic E-state index is 11.7. The van der Waals surface area contributed by atoms with E-state index in [4.69, 9.17) is 17.3 Å². The Hall–Kier alpha value is -1.11. The topological polar surface area (TPSA) is 84.5 Å². The van der Waals surface area contributed by atoms with Gasteiger partial charge in [0.2, 0.25) is 10.0 Å². The predicted molar refractivity (Wildman–Crippen MR) is 69.4 cm³/mol. The number of nitrogens with zero attached hydrogens (tertiary/aromatic N) is 1. The lowest BCUT2D eigenvalue weighted by atomic mass is 10.2. The van der Waals surface area contributed by atoms with Crippen molar-refractivity contribution in [3.05, 3.63) is 23.8 Å². The highest BCUT2D eigenvalue weighted by Crippen LogP contribution is 2.21. The normalized spacial score (nSPS) is 12.8. The van der Waals surface area contributed by atoms with Crippen LogP contribution < -0.4 is 10.5 Å². The molecular formula is C10H14ClN3O2S. The fraction of sp³-hybridized carbons (Fsp3) is 0.300. The van der Waals surface area contributed by atoms with E-state index in [1.165, 1.54) is 13.1 Å². The number of amidine groups is 1. The Morgan fingerprint density at radius 2 is 2.18 bits per heavy atom. The van der Waals surface area contributed by atoms with E-state index >= 15 is 0 Å². The molecule has 0 aliphatic heterocycles. The quantitative estimate of drug-likeness (QED) is 0.491. The standard InChI is InChI=1S/C10H14ClN3O2S/c1-7-3-4-8(14-10(12)6-11)5-9(7)17(15,16)13-2/h3-5,13H,6H2,1-2H3,(H2,12,14). The lowest BCUT2D eigenvalue weighted by Gasteiger charge is -2.07. The van der Waals surface area contributed by atoms with Gasteiger partial charge in [-0.1, -0.05) is 6.07 Å². The summed E-state index contributed by atoms with van der Waals surface area (Å²) >= 11 is 5.50. The first-order valence-electron chi connectivity index (χ1n) is 4.84. The summed E-state index contributed by atoms with van der Waals surface area (Å²) in [4.78, 5) is 4.18. The van der Waals surface area contributed by atoms with Crippen molar-refractivity contribution >= 4 is 33.1 Å². The molecule has 0 atom stereocenters. The Labute approximate surface area is 106 Å². The molecule has 0 aliphatic carbocycles. The third kappa shape index (κ3) is 3.42. The van der Waals surface area contributed by atoms with Gasteiger partial charge in [0, 0.05) is 0 Å². The predicted octanol–water partition coefficient (Wildman–Crippen LogP) is 1.13. The van der Waals surface area contributed by atoms with E-state index in [0.29, 0.717) is 11.3 Å². The molecule has 5 nitrogen and oxygen atoms in total. The van der Waals surface area contributed by atoms with Gasteiger partial charge in [0.15, 0.2) is 0 Å². The van der Waals surface area contributed by atoms with Crippen LogP contribution in [0.15, 0.2) is 28.1 Å². The molecule has 17 heavy (non-hydrogen) atoms. The molecule has 0 saturated heterocycles. The molecule has 94 valence electrons. The summed E-state index contributed by atoms with van der Waals surface area (Å²) in [5.74, 6) is 0.338. The number of benzene rings is 1. The fourth-order valence-electron chi connectivity index (χ4n) is 1.25. The van der Waals surface area contributed by atoms with Crippen LogP contribution in [0, 0.1) is 6.92 Å². The van der Waals surface area contributed by atoms with Crippen LogP contribution in [-0.4, -0.2) is 27.2 Å². The van der Waals surface area contributed by atoms with Gasteiger partial charge in [-0.3, -0.25) is 0 Å². The van der Waals surface area contributed by atoms with Crippen LogP contribution in [0.25, 0.3) is 0 Å². The van der Waals surface area contributed by atoms with Crippen molar-refractivity contribution in [2.45, 2.75) is 11.8 Å². The maximum absolute atomic E-state index is 11.7. The van der Waals surface area contributed by atoms with E-state index in [-0.39, 0.29) is 16.6 Å². The van der Waals surface area contributed by atoms with Crippen LogP contribution in [0.3, 0.4) is 0 Å². The Bertz CT molecular complexity index is 540. The van der Waals surface area contributed by atoms with Gasteiger partial charge in [-0.2, -0.15) is 0 Å². The number of alkyl halides is 1. The second-order valence-electron chi connectivity index (χ2n) is 3.39. The van der Waals surface area contributed by atoms with Crippen molar-refractivity contribution < 1.29 is 8.42 Å². The SMILES string of the molecule is CNS(=O)(=O)c1cc(N=C(N)CCl)ccc1C. The van der Waals surface area contributed by atoms with E-state index in [1.54, 1.807) is 19.1 Å². The summed E-state index contributed by atoms with van der Waals surface area (Å²) < 4.78 is 25.7. The highest BCUT2D eigenvalue weighted by Gasteiger charge is 2.14. The average Bonchev–Trinajstić information content (AvgIpc) is 2.31. The molecule has 3 N–H and O–H groups in total. The number of nitrogens with two attached hydrogens (primary N) is 1. The third-order valence-corrected chi connectivity index (χ3v) is 3.97. The molecule has 0 heterocycles. The monoisotopic (exact) mass is 275 g/mol. The van der Waals surface area contributed by atoms with Gasteiger partial charge in [0.1, 0.15) is 5.84 Å². The molecule has 1 aromatic carbocycles. The minimum Gasteiger partial charge on any atom is -0.386 e. The summed E-state index contributed by atoms with van der Waals surface area (Å²) in [6.07, 6.45) is 0. The van der Waals surface area contributed by atoms with E-state index in [1.807, 2.05) is 0 Å². The molecule has 7 heteroatoms.